The second-order valence-electron chi connectivity index (χ2n) is 12.1. The second-order valence-corrected chi connectivity index (χ2v) is 17.0. The third kappa shape index (κ3) is 6.28. The van der Waals surface area contributed by atoms with Gasteiger partial charge in [-0.2, -0.15) is 0 Å². The number of nitrogens with one attached hydrogen (secondary N) is 2. The number of rotatable bonds is 9. The molecule has 11 heteroatoms. The number of carbonyl (C=O) groups is 2. The first-order valence-electron chi connectivity index (χ1n) is 15.7. The number of fused-ring (bicyclic) bond motifs is 4. The fourth-order valence-electron chi connectivity index (χ4n) is 6.54. The number of hydrogen-bond acceptors (Lipinski definition) is 5. The molecule has 0 radical (unpaired) electrons. The van der Waals surface area contributed by atoms with Crippen molar-refractivity contribution in [2.75, 3.05) is 56.4 Å². The summed E-state index contributed by atoms with van der Waals surface area (Å²) >= 11 is 7.00. The number of likely N-dealkylation sites (tertiary alicyclic amines) is 1. The zero-order valence-corrected chi connectivity index (χ0v) is 28.6. The molecule has 3 aliphatic heterocycles. The van der Waals surface area contributed by atoms with Crippen LogP contribution in [0.3, 0.4) is 0 Å². The molecule has 2 saturated heterocycles. The molecule has 4 aromatic rings. The molecule has 45 heavy (non-hydrogen) atoms. The van der Waals surface area contributed by atoms with E-state index in [0.717, 1.165) is 69.1 Å². The summed E-state index contributed by atoms with van der Waals surface area (Å²) < 4.78 is 12.1. The zero-order chi connectivity index (χ0) is 30.9. The minimum atomic E-state index is -0.368. The van der Waals surface area contributed by atoms with Crippen LogP contribution in [0.15, 0.2) is 54.6 Å². The number of amides is 2. The first-order valence-corrected chi connectivity index (χ1v) is 20.5. The topological polar surface area (TPSA) is 79.3 Å². The third-order valence-corrected chi connectivity index (χ3v) is 14.1. The molecule has 3 aliphatic rings. The standard InChI is InChI=1S/C34H37ClN4O4SSe/c1-37(24-10-15-44-45-21-24)34(41)43-31-18-30-32(27-7-3-2-6-26(27)31)23(19-35)20-39(30)33(40)29-17-22-16-25(8-9-28(22)36-29)42-14-5-13-38-11-4-12-38/h2-3,6-9,16-18,23-24,36H,4-5,10-15,19-21H2,1H3/p+1/t23-,24+/m1/s1. The molecule has 0 saturated carbocycles. The molecule has 3 aromatic carbocycles. The molecule has 0 spiro atoms. The Labute approximate surface area is 277 Å². The number of alkyl halides is 1. The van der Waals surface area contributed by atoms with Gasteiger partial charge in [-0.15, -0.1) is 0 Å². The van der Waals surface area contributed by atoms with E-state index in [0.29, 0.717) is 44.3 Å². The number of aromatic nitrogens is 1. The SMILES string of the molecule is CN(C(=O)Oc1cc2c(c3ccccc13)[C@H](CCl)CN2C(=O)c1cc2cc(OCCC[NH+]3CCC3)ccc2[nH]1)[C@H]1CCS[Se]C1. The van der Waals surface area contributed by atoms with E-state index in [1.807, 2.05) is 71.8 Å². The number of ether oxygens (including phenoxy) is 2. The van der Waals surface area contributed by atoms with Crippen LogP contribution in [0.5, 0.6) is 11.5 Å². The van der Waals surface area contributed by atoms with E-state index in [4.69, 9.17) is 21.1 Å². The van der Waals surface area contributed by atoms with E-state index in [2.05, 4.69) is 4.98 Å². The van der Waals surface area contributed by atoms with Gasteiger partial charge in [-0.25, -0.2) is 0 Å². The summed E-state index contributed by atoms with van der Waals surface area (Å²) in [6.07, 6.45) is 2.97. The molecule has 7 rings (SSSR count). The molecule has 0 unspecified atom stereocenters. The predicted molar refractivity (Wildman–Crippen MR) is 183 cm³/mol. The maximum absolute atomic E-state index is 14.1. The third-order valence-electron chi connectivity index (χ3n) is 9.30. The van der Waals surface area contributed by atoms with Gasteiger partial charge in [0.15, 0.2) is 0 Å². The van der Waals surface area contributed by atoms with Crippen molar-refractivity contribution in [2.24, 2.45) is 0 Å². The molecule has 8 nitrogen and oxygen atoms in total. The first kappa shape index (κ1) is 30.8. The molecule has 0 aliphatic carbocycles. The second kappa shape index (κ2) is 13.5. The number of hydrogen-bond donors (Lipinski definition) is 2. The number of halogens is 1. The van der Waals surface area contributed by atoms with Gasteiger partial charge in [0.05, 0.1) is 26.2 Å². The van der Waals surface area contributed by atoms with Crippen LogP contribution in [0.4, 0.5) is 10.5 Å². The van der Waals surface area contributed by atoms with Gasteiger partial charge in [0, 0.05) is 23.7 Å². The van der Waals surface area contributed by atoms with Crippen molar-refractivity contribution in [3.05, 3.63) is 65.9 Å². The van der Waals surface area contributed by atoms with Gasteiger partial charge in [0.25, 0.3) is 0 Å². The summed E-state index contributed by atoms with van der Waals surface area (Å²) in [4.78, 5) is 36.0. The normalized spacial score (nSPS) is 19.8. The average Bonchev–Trinajstić information content (AvgIpc) is 3.65. The molecular formula is C34H38ClN4O4SSe+. The van der Waals surface area contributed by atoms with Gasteiger partial charge in [0.1, 0.15) is 5.75 Å². The number of H-pyrrole nitrogens is 1. The van der Waals surface area contributed by atoms with Crippen LogP contribution in [0.25, 0.3) is 21.7 Å². The quantitative estimate of drug-likeness (QED) is 0.139. The Morgan fingerprint density at radius 1 is 1.16 bits per heavy atom. The first-order chi connectivity index (χ1) is 22.0. The van der Waals surface area contributed by atoms with Gasteiger partial charge in [0.2, 0.25) is 0 Å². The molecule has 4 heterocycles. The van der Waals surface area contributed by atoms with Crippen LogP contribution in [-0.4, -0.2) is 93.2 Å². The number of benzene rings is 3. The van der Waals surface area contributed by atoms with Crippen molar-refractivity contribution in [1.29, 1.82) is 0 Å². The fourth-order valence-corrected chi connectivity index (χ4v) is 11.3. The Morgan fingerprint density at radius 3 is 2.76 bits per heavy atom. The molecule has 1 aromatic heterocycles. The van der Waals surface area contributed by atoms with Crippen LogP contribution in [0.1, 0.15) is 41.2 Å². The molecule has 236 valence electrons. The molecule has 2 atom stereocenters. The number of carbonyl (C=O) groups excluding carboxylic acids is 2. The molecular weight excluding hydrogens is 675 g/mol. The van der Waals surface area contributed by atoms with Gasteiger partial charge < -0.3 is 9.64 Å². The van der Waals surface area contributed by atoms with Crippen molar-refractivity contribution < 1.29 is 24.0 Å². The molecule has 2 fully saturated rings. The monoisotopic (exact) mass is 713 g/mol. The van der Waals surface area contributed by atoms with Crippen LogP contribution in [0.2, 0.25) is 5.32 Å². The zero-order valence-electron chi connectivity index (χ0n) is 25.4. The number of anilines is 1. The number of quaternary nitrogens is 1. The number of nitrogens with zero attached hydrogens (tertiary/aromatic N) is 2. The van der Waals surface area contributed by atoms with Crippen LogP contribution < -0.4 is 19.3 Å². The summed E-state index contributed by atoms with van der Waals surface area (Å²) in [7, 11) is 3.81. The Hall–Kier alpha value is -2.88. The van der Waals surface area contributed by atoms with E-state index in [9.17, 15) is 9.59 Å². The summed E-state index contributed by atoms with van der Waals surface area (Å²) in [6.45, 7) is 4.84. The van der Waals surface area contributed by atoms with Crippen LogP contribution in [-0.2, 0) is 0 Å². The summed E-state index contributed by atoms with van der Waals surface area (Å²) in [5.41, 5.74) is 3.12. The van der Waals surface area contributed by atoms with Gasteiger partial charge >= 0.3 is 196 Å². The van der Waals surface area contributed by atoms with E-state index in [1.165, 1.54) is 19.5 Å². The van der Waals surface area contributed by atoms with Crippen molar-refractivity contribution in [2.45, 2.75) is 36.5 Å². The Balaban J connectivity index is 1.15. The van der Waals surface area contributed by atoms with E-state index in [-0.39, 0.29) is 24.0 Å². The summed E-state index contributed by atoms with van der Waals surface area (Å²) in [5, 5.41) is 3.74. The van der Waals surface area contributed by atoms with E-state index < -0.39 is 0 Å². The van der Waals surface area contributed by atoms with E-state index >= 15 is 0 Å². The Morgan fingerprint density at radius 2 is 2.00 bits per heavy atom. The predicted octanol–water partition coefficient (Wildman–Crippen LogP) is 5.34. The van der Waals surface area contributed by atoms with Crippen LogP contribution >= 0.6 is 21.8 Å². The molecule has 0 bridgehead atoms. The van der Waals surface area contributed by atoms with E-state index in [1.54, 1.807) is 14.7 Å². The van der Waals surface area contributed by atoms with Crippen molar-refractivity contribution in [3.8, 4) is 11.5 Å². The van der Waals surface area contributed by atoms with Gasteiger partial charge in [-0.3, -0.25) is 0 Å². The fraction of sp³-hybridized carbons (Fsp3) is 0.412. The molecule has 2 N–H and O–H groups in total. The van der Waals surface area contributed by atoms with Crippen LogP contribution in [0, 0.1) is 0 Å². The van der Waals surface area contributed by atoms with Gasteiger partial charge in [-0.1, -0.05) is 0 Å². The van der Waals surface area contributed by atoms with Gasteiger partial charge in [-0.05, 0) is 18.2 Å². The summed E-state index contributed by atoms with van der Waals surface area (Å²) in [6, 6.07) is 17.8. The number of aromatic amines is 1. The average molecular weight is 713 g/mol. The Kier molecular flexibility index (Phi) is 9.20. The maximum atomic E-state index is 14.1. The van der Waals surface area contributed by atoms with Crippen molar-refractivity contribution in [1.82, 2.24) is 9.88 Å². The minimum absolute atomic E-state index is 0.0487. The van der Waals surface area contributed by atoms with Crippen molar-refractivity contribution in [3.63, 3.8) is 0 Å². The van der Waals surface area contributed by atoms with Crippen molar-refractivity contribution >= 4 is 75.0 Å². The summed E-state index contributed by atoms with van der Waals surface area (Å²) in [5.74, 6) is 2.52. The Bertz CT molecular complexity index is 1720. The molecule has 2 amide bonds.